The van der Waals surface area contributed by atoms with E-state index >= 15 is 4.79 Å². The highest BCUT2D eigenvalue weighted by Crippen LogP contribution is 2.25. The molecule has 20 heteroatoms. The number of nitrogens with one attached hydrogen (secondary N) is 10. The van der Waals surface area contributed by atoms with Gasteiger partial charge in [0, 0.05) is 118 Å². The van der Waals surface area contributed by atoms with Crippen LogP contribution in [0.15, 0.2) is 152 Å². The van der Waals surface area contributed by atoms with Crippen LogP contribution < -0.4 is 38.1 Å². The Labute approximate surface area is 457 Å². The molecule has 0 saturated carbocycles. The number of aromatic nitrogens is 5. The second-order valence-electron chi connectivity index (χ2n) is 20.1. The summed E-state index contributed by atoms with van der Waals surface area (Å²) < 4.78 is 0. The Morgan fingerprint density at radius 3 is 0.963 bits per heavy atom. The van der Waals surface area contributed by atoms with Gasteiger partial charge in [-0.05, 0) is 71.0 Å². The lowest BCUT2D eigenvalue weighted by Crippen LogP contribution is -2.60. The van der Waals surface area contributed by atoms with Crippen LogP contribution in [-0.4, -0.2) is 108 Å². The zero-order chi connectivity index (χ0) is 55.9. The molecule has 20 nitrogen and oxygen atoms in total. The third-order valence-corrected chi connectivity index (χ3v) is 14.7. The summed E-state index contributed by atoms with van der Waals surface area (Å²) in [6, 6.07) is 29.2. The third kappa shape index (κ3) is 12.1. The van der Waals surface area contributed by atoms with Crippen LogP contribution in [0, 0.1) is 0 Å². The van der Waals surface area contributed by atoms with E-state index in [1.54, 1.807) is 31.0 Å². The molecule has 0 fully saturated rings. The summed E-state index contributed by atoms with van der Waals surface area (Å²) >= 11 is 0. The first kappa shape index (κ1) is 53.4. The molecule has 10 rings (SSSR count). The van der Waals surface area contributed by atoms with Gasteiger partial charge >= 0.3 is 5.97 Å². The normalized spacial score (nSPS) is 13.8. The molecule has 0 bridgehead atoms. The number of rotatable bonds is 24. The molecule has 10 aromatic rings. The molecule has 5 aromatic carbocycles. The van der Waals surface area contributed by atoms with Crippen LogP contribution in [0.4, 0.5) is 0 Å². The quantitative estimate of drug-likeness (QED) is 0.0398. The molecule has 0 aliphatic rings. The summed E-state index contributed by atoms with van der Waals surface area (Å²) in [5.74, 6) is -6.03. The first-order valence-electron chi connectivity index (χ1n) is 26.3. The van der Waals surface area contributed by atoms with Crippen molar-refractivity contribution in [1.29, 1.82) is 0 Å². The zero-order valence-electron chi connectivity index (χ0n) is 43.3. The lowest BCUT2D eigenvalue weighted by Gasteiger charge is -2.27. The Kier molecular flexibility index (Phi) is 15.9. The summed E-state index contributed by atoms with van der Waals surface area (Å²) in [6.07, 6.45) is 7.56. The fraction of sp³-hybridized carbons (Fsp3) is 0.217. The number of benzene rings is 5. The van der Waals surface area contributed by atoms with Crippen LogP contribution in [-0.2, 0) is 65.7 Å². The van der Waals surface area contributed by atoms with Crippen LogP contribution in [0.1, 0.15) is 40.7 Å². The van der Waals surface area contributed by atoms with Crippen molar-refractivity contribution < 1.29 is 38.7 Å². The molecule has 0 unspecified atom stereocenters. The van der Waals surface area contributed by atoms with E-state index in [0.717, 1.165) is 60.1 Å². The number of aromatic amines is 5. The van der Waals surface area contributed by atoms with Gasteiger partial charge in [0.05, 0.1) is 6.04 Å². The van der Waals surface area contributed by atoms with Gasteiger partial charge in [0.15, 0.2) is 0 Å². The minimum atomic E-state index is -1.58. The number of para-hydroxylation sites is 5. The highest BCUT2D eigenvalue weighted by molar-refractivity contribution is 5.99. The highest BCUT2D eigenvalue weighted by atomic mass is 16.4. The van der Waals surface area contributed by atoms with Crippen molar-refractivity contribution >= 4 is 95.9 Å². The van der Waals surface area contributed by atoms with E-state index in [2.05, 4.69) is 51.5 Å². The van der Waals surface area contributed by atoms with Crippen molar-refractivity contribution in [3.8, 4) is 0 Å². The fourth-order valence-electron chi connectivity index (χ4n) is 10.5. The molecular weight excluding hydrogens is 1020 g/mol. The van der Waals surface area contributed by atoms with E-state index < -0.39 is 90.5 Å². The van der Waals surface area contributed by atoms with E-state index in [1.807, 2.05) is 121 Å². The first-order valence-corrected chi connectivity index (χ1v) is 26.3. The molecule has 0 radical (unpaired) electrons. The molecule has 0 aliphatic heterocycles. The van der Waals surface area contributed by atoms with Gasteiger partial charge in [-0.2, -0.15) is 0 Å². The van der Waals surface area contributed by atoms with Gasteiger partial charge < -0.3 is 68.1 Å². The van der Waals surface area contributed by atoms with E-state index in [-0.39, 0.29) is 32.1 Å². The summed E-state index contributed by atoms with van der Waals surface area (Å²) in [5.41, 5.74) is 19.9. The van der Waals surface area contributed by atoms with Gasteiger partial charge in [-0.15, -0.1) is 0 Å². The number of carbonyl (C=O) groups excluding carboxylic acids is 6. The summed E-state index contributed by atoms with van der Waals surface area (Å²) in [5, 5.41) is 27.9. The molecule has 6 atom stereocenters. The summed E-state index contributed by atoms with van der Waals surface area (Å²) in [7, 11) is 0. The SMILES string of the molecule is NC(=O)[C@H](Cc1c[nH]c2ccccc12)NC(=O)[C@H](Cc1c[nH]c2ccccc12)NC(=O)[C@H](CCC(=O)O)NC(=O)[C@H](Cc1c[nH]c2ccccc12)NC(=O)[C@H](Cc1c[nH]c2ccccc12)NC(=O)[C@@H](N)Cc1c[nH]c2ccccc12. The fourth-order valence-corrected chi connectivity index (χ4v) is 10.5. The minimum absolute atomic E-state index is 0.0177. The molecule has 15 N–H and O–H groups in total. The Morgan fingerprint density at radius 2 is 0.637 bits per heavy atom. The number of nitrogens with two attached hydrogens (primary N) is 2. The number of primary amides is 1. The number of carboxylic acids is 1. The van der Waals surface area contributed by atoms with Crippen LogP contribution >= 0.6 is 0 Å². The van der Waals surface area contributed by atoms with Crippen LogP contribution in [0.3, 0.4) is 0 Å². The average Bonchev–Trinajstić information content (AvgIpc) is 4.34. The monoisotopic (exact) mass is 1080 g/mol. The molecular formula is C60H60N12O8. The predicted octanol–water partition coefficient (Wildman–Crippen LogP) is 4.71. The number of aliphatic carboxylic acids is 1. The van der Waals surface area contributed by atoms with Crippen LogP contribution in [0.5, 0.6) is 0 Å². The van der Waals surface area contributed by atoms with Crippen molar-refractivity contribution in [2.24, 2.45) is 11.5 Å². The molecule has 0 aliphatic carbocycles. The number of fused-ring (bicyclic) bond motifs is 5. The van der Waals surface area contributed by atoms with E-state index in [9.17, 15) is 33.9 Å². The number of hydrogen-bond acceptors (Lipinski definition) is 8. The summed E-state index contributed by atoms with van der Waals surface area (Å²) in [4.78, 5) is 115. The molecule has 0 spiro atoms. The maximum absolute atomic E-state index is 15.0. The Hall–Kier alpha value is -9.95. The Morgan fingerprint density at radius 1 is 0.375 bits per heavy atom. The minimum Gasteiger partial charge on any atom is -0.481 e. The maximum atomic E-state index is 15.0. The van der Waals surface area contributed by atoms with Crippen molar-refractivity contribution in [2.75, 3.05) is 0 Å². The van der Waals surface area contributed by atoms with Gasteiger partial charge in [-0.1, -0.05) is 91.0 Å². The first-order chi connectivity index (χ1) is 38.8. The zero-order valence-corrected chi connectivity index (χ0v) is 43.3. The van der Waals surface area contributed by atoms with Crippen molar-refractivity contribution in [2.45, 2.75) is 81.2 Å². The lowest BCUT2D eigenvalue weighted by molar-refractivity contribution is -0.138. The largest absolute Gasteiger partial charge is 0.481 e. The molecule has 0 saturated heterocycles. The molecule has 5 heterocycles. The van der Waals surface area contributed by atoms with Gasteiger partial charge in [0.2, 0.25) is 35.4 Å². The predicted molar refractivity (Wildman–Crippen MR) is 304 cm³/mol. The number of amides is 6. The van der Waals surface area contributed by atoms with E-state index in [1.165, 1.54) is 0 Å². The van der Waals surface area contributed by atoms with Gasteiger partial charge in [0.1, 0.15) is 30.2 Å². The Bertz CT molecular complexity index is 3920. The topological polar surface area (TPSA) is 331 Å². The lowest BCUT2D eigenvalue weighted by atomic mass is 10.00. The number of H-pyrrole nitrogens is 5. The second-order valence-corrected chi connectivity index (χ2v) is 20.1. The smallest absolute Gasteiger partial charge is 0.303 e. The van der Waals surface area contributed by atoms with Crippen molar-refractivity contribution in [3.63, 3.8) is 0 Å². The third-order valence-electron chi connectivity index (χ3n) is 14.7. The Balaban J connectivity index is 0.933. The van der Waals surface area contributed by atoms with Gasteiger partial charge in [0.25, 0.3) is 0 Å². The van der Waals surface area contributed by atoms with Crippen LogP contribution in [0.2, 0.25) is 0 Å². The number of hydrogen-bond donors (Lipinski definition) is 13. The maximum Gasteiger partial charge on any atom is 0.303 e. The molecule has 5 aromatic heterocycles. The molecule has 6 amide bonds. The van der Waals surface area contributed by atoms with Crippen LogP contribution in [0.25, 0.3) is 54.5 Å². The van der Waals surface area contributed by atoms with Crippen molar-refractivity contribution in [1.82, 2.24) is 51.5 Å². The summed E-state index contributed by atoms with van der Waals surface area (Å²) in [6.45, 7) is 0. The van der Waals surface area contributed by atoms with Gasteiger partial charge in [-0.3, -0.25) is 33.6 Å². The standard InChI is InChI=1S/C60H60N12O8/c61-43(23-33-28-63-44-16-6-1-11-38(33)44)56(76)70-51(25-35-30-65-46-18-8-3-13-40(35)46)60(80)72-52(26-36-31-66-47-19-9-4-14-41(36)47)58(78)68-49(21-22-54(73)74)57(77)71-53(27-37-32-67-48-20-10-5-15-42(37)48)59(79)69-50(55(62)75)24-34-29-64-45-17-7-2-12-39(34)45/h1-20,28-32,43,49-53,63-67H,21-27,61H2,(H2,62,75)(H,68,78)(H,69,79)(H,70,76)(H,71,77)(H,72,80)(H,73,74)/t43-,49-,50-,51-,52-,53-/m0/s1. The number of carboxylic acid groups (broad SMARTS) is 1. The molecule has 408 valence electrons. The van der Waals surface area contributed by atoms with Gasteiger partial charge in [-0.25, -0.2) is 0 Å². The second kappa shape index (κ2) is 23.7. The van der Waals surface area contributed by atoms with E-state index in [4.69, 9.17) is 11.5 Å². The van der Waals surface area contributed by atoms with E-state index in [0.29, 0.717) is 22.3 Å². The highest BCUT2D eigenvalue weighted by Gasteiger charge is 2.35. The average molecular weight is 1080 g/mol. The molecule has 80 heavy (non-hydrogen) atoms. The van der Waals surface area contributed by atoms with Crippen molar-refractivity contribution in [3.05, 3.63) is 180 Å². The number of carbonyl (C=O) groups is 7.